The number of carbonyl (C=O) groups is 1. The van der Waals surface area contributed by atoms with Crippen LogP contribution in [0.3, 0.4) is 0 Å². The molecule has 1 aliphatic heterocycles. The average molecular weight is 286 g/mol. The Kier molecular flexibility index (Phi) is 4.51. The van der Waals surface area contributed by atoms with Crippen molar-refractivity contribution < 1.29 is 23.0 Å². The molecule has 0 bridgehead atoms. The Morgan fingerprint density at radius 2 is 2.20 bits per heavy atom. The van der Waals surface area contributed by atoms with Crippen molar-refractivity contribution in [3.05, 3.63) is 29.3 Å². The van der Waals surface area contributed by atoms with Crippen molar-refractivity contribution in [3.63, 3.8) is 0 Å². The predicted octanol–water partition coefficient (Wildman–Crippen LogP) is 1.03. The van der Waals surface area contributed by atoms with Crippen LogP contribution < -0.4 is 5.73 Å². The summed E-state index contributed by atoms with van der Waals surface area (Å²) in [5, 5.41) is 0. The van der Waals surface area contributed by atoms with Crippen LogP contribution in [-0.4, -0.2) is 50.3 Å². The number of nitrogen functional groups attached to an aromatic ring is 1. The Hall–Kier alpha value is -1.73. The van der Waals surface area contributed by atoms with E-state index in [2.05, 4.69) is 0 Å². The van der Waals surface area contributed by atoms with Gasteiger partial charge in [0, 0.05) is 24.8 Å². The third-order valence-corrected chi connectivity index (χ3v) is 3.05. The van der Waals surface area contributed by atoms with Crippen molar-refractivity contribution in [2.24, 2.45) is 0 Å². The number of hydrogen-bond acceptors (Lipinski definition) is 5. The minimum Gasteiger partial charge on any atom is -0.459 e. The third-order valence-electron chi connectivity index (χ3n) is 3.05. The highest BCUT2D eigenvalue weighted by molar-refractivity contribution is 5.95. The molecule has 1 saturated heterocycles. The Balaban J connectivity index is 1.96. The van der Waals surface area contributed by atoms with Crippen LogP contribution in [0.1, 0.15) is 10.4 Å². The zero-order valence-electron chi connectivity index (χ0n) is 11.1. The van der Waals surface area contributed by atoms with Gasteiger partial charge in [0.05, 0.1) is 12.2 Å². The van der Waals surface area contributed by atoms with Crippen LogP contribution >= 0.6 is 0 Å². The van der Waals surface area contributed by atoms with Gasteiger partial charge in [-0.2, -0.15) is 0 Å². The van der Waals surface area contributed by atoms with Gasteiger partial charge in [-0.05, 0) is 13.1 Å². The highest BCUT2D eigenvalue weighted by Crippen LogP contribution is 2.18. The second kappa shape index (κ2) is 6.15. The Bertz CT molecular complexity index is 511. The number of benzene rings is 1. The Morgan fingerprint density at radius 1 is 1.50 bits per heavy atom. The van der Waals surface area contributed by atoms with Crippen LogP contribution in [0.2, 0.25) is 0 Å². The summed E-state index contributed by atoms with van der Waals surface area (Å²) in [7, 11) is 1.94. The number of morpholine rings is 1. The van der Waals surface area contributed by atoms with E-state index < -0.39 is 17.6 Å². The van der Waals surface area contributed by atoms with Crippen LogP contribution in [0.15, 0.2) is 12.1 Å². The number of nitrogens with zero attached hydrogens (tertiary/aromatic N) is 1. The number of esters is 1. The molecule has 2 rings (SSSR count). The zero-order chi connectivity index (χ0) is 14.7. The van der Waals surface area contributed by atoms with Crippen molar-refractivity contribution in [1.82, 2.24) is 4.90 Å². The maximum Gasteiger partial charge on any atom is 0.340 e. The van der Waals surface area contributed by atoms with Gasteiger partial charge in [-0.25, -0.2) is 13.6 Å². The van der Waals surface area contributed by atoms with E-state index in [1.807, 2.05) is 11.9 Å². The largest absolute Gasteiger partial charge is 0.459 e. The predicted molar refractivity (Wildman–Crippen MR) is 68.3 cm³/mol. The van der Waals surface area contributed by atoms with Crippen LogP contribution in [0.25, 0.3) is 0 Å². The van der Waals surface area contributed by atoms with Crippen LogP contribution in [0, 0.1) is 11.6 Å². The van der Waals surface area contributed by atoms with Gasteiger partial charge in [0.1, 0.15) is 12.7 Å². The summed E-state index contributed by atoms with van der Waals surface area (Å²) in [6.45, 7) is 2.06. The molecule has 0 spiro atoms. The van der Waals surface area contributed by atoms with E-state index in [4.69, 9.17) is 15.2 Å². The van der Waals surface area contributed by atoms with Crippen molar-refractivity contribution >= 4 is 11.7 Å². The Labute approximate surface area is 115 Å². The molecule has 20 heavy (non-hydrogen) atoms. The van der Waals surface area contributed by atoms with Gasteiger partial charge in [0.2, 0.25) is 0 Å². The van der Waals surface area contributed by atoms with Gasteiger partial charge in [-0.3, -0.25) is 0 Å². The molecule has 7 heteroatoms. The first kappa shape index (κ1) is 14.7. The molecule has 110 valence electrons. The maximum absolute atomic E-state index is 13.1. The molecule has 2 N–H and O–H groups in total. The molecule has 1 aromatic carbocycles. The fourth-order valence-corrected chi connectivity index (χ4v) is 1.95. The number of carbonyl (C=O) groups excluding carboxylic acids is 1. The first-order valence-corrected chi connectivity index (χ1v) is 6.19. The van der Waals surface area contributed by atoms with Gasteiger partial charge in [0.25, 0.3) is 0 Å². The minimum atomic E-state index is -1.14. The van der Waals surface area contributed by atoms with Crippen molar-refractivity contribution in [2.45, 2.75) is 6.10 Å². The number of anilines is 1. The molecule has 0 radical (unpaired) electrons. The molecule has 0 aliphatic carbocycles. The van der Waals surface area contributed by atoms with E-state index in [9.17, 15) is 13.6 Å². The molecule has 5 nitrogen and oxygen atoms in total. The normalized spacial score (nSPS) is 19.9. The van der Waals surface area contributed by atoms with E-state index in [0.717, 1.165) is 18.7 Å². The fourth-order valence-electron chi connectivity index (χ4n) is 1.95. The molecule has 0 amide bonds. The summed E-state index contributed by atoms with van der Waals surface area (Å²) in [6, 6.07) is 1.50. The number of hydrogen-bond donors (Lipinski definition) is 1. The standard InChI is InChI=1S/C13H16F2N2O3/c1-17-2-3-19-8(6-17)7-20-13(18)9-4-10(14)11(15)5-12(9)16/h4-5,8H,2-3,6-7,16H2,1H3. The summed E-state index contributed by atoms with van der Waals surface area (Å²) in [6.07, 6.45) is -0.232. The lowest BCUT2D eigenvalue weighted by Gasteiger charge is -2.29. The lowest BCUT2D eigenvalue weighted by Crippen LogP contribution is -2.42. The third kappa shape index (κ3) is 3.43. The van der Waals surface area contributed by atoms with E-state index in [1.54, 1.807) is 0 Å². The first-order valence-electron chi connectivity index (χ1n) is 6.19. The van der Waals surface area contributed by atoms with Crippen LogP contribution in [-0.2, 0) is 9.47 Å². The van der Waals surface area contributed by atoms with Gasteiger partial charge in [0.15, 0.2) is 11.6 Å². The maximum atomic E-state index is 13.1. The average Bonchev–Trinajstić information content (AvgIpc) is 2.40. The monoisotopic (exact) mass is 286 g/mol. The van der Waals surface area contributed by atoms with Crippen molar-refractivity contribution in [1.29, 1.82) is 0 Å². The molecule has 1 unspecified atom stereocenters. The Morgan fingerprint density at radius 3 is 2.90 bits per heavy atom. The molecule has 0 saturated carbocycles. The smallest absolute Gasteiger partial charge is 0.340 e. The lowest BCUT2D eigenvalue weighted by molar-refractivity contribution is -0.0528. The molecule has 1 atom stereocenters. The van der Waals surface area contributed by atoms with Crippen LogP contribution in [0.4, 0.5) is 14.5 Å². The number of rotatable bonds is 3. The number of nitrogens with two attached hydrogens (primary N) is 1. The summed E-state index contributed by atoms with van der Waals surface area (Å²) in [5.74, 6) is -3.03. The highest BCUT2D eigenvalue weighted by Gasteiger charge is 2.21. The quantitative estimate of drug-likeness (QED) is 0.664. The van der Waals surface area contributed by atoms with Crippen molar-refractivity contribution in [3.8, 4) is 0 Å². The number of likely N-dealkylation sites (N-methyl/N-ethyl adjacent to an activating group) is 1. The second-order valence-electron chi connectivity index (χ2n) is 4.71. The summed E-state index contributed by atoms with van der Waals surface area (Å²) < 4.78 is 36.5. The lowest BCUT2D eigenvalue weighted by atomic mass is 10.1. The van der Waals surface area contributed by atoms with Gasteiger partial charge < -0.3 is 20.1 Å². The zero-order valence-corrected chi connectivity index (χ0v) is 11.1. The summed E-state index contributed by atoms with van der Waals surface area (Å²) in [5.41, 5.74) is 5.13. The molecule has 1 fully saturated rings. The van der Waals surface area contributed by atoms with E-state index >= 15 is 0 Å². The van der Waals surface area contributed by atoms with E-state index in [-0.39, 0.29) is 24.0 Å². The fraction of sp³-hybridized carbons (Fsp3) is 0.462. The van der Waals surface area contributed by atoms with Crippen molar-refractivity contribution in [2.75, 3.05) is 39.1 Å². The first-order chi connectivity index (χ1) is 9.47. The summed E-state index contributed by atoms with van der Waals surface area (Å²) >= 11 is 0. The molecule has 1 heterocycles. The number of ether oxygens (including phenoxy) is 2. The molecular weight excluding hydrogens is 270 g/mol. The van der Waals surface area contributed by atoms with Gasteiger partial charge in [-0.15, -0.1) is 0 Å². The summed E-state index contributed by atoms with van der Waals surface area (Å²) in [4.78, 5) is 13.8. The highest BCUT2D eigenvalue weighted by atomic mass is 19.2. The van der Waals surface area contributed by atoms with E-state index in [0.29, 0.717) is 13.2 Å². The van der Waals surface area contributed by atoms with E-state index in [1.165, 1.54) is 0 Å². The topological polar surface area (TPSA) is 64.8 Å². The molecule has 1 aromatic rings. The van der Waals surface area contributed by atoms with Gasteiger partial charge >= 0.3 is 5.97 Å². The molecule has 1 aliphatic rings. The van der Waals surface area contributed by atoms with Crippen LogP contribution in [0.5, 0.6) is 0 Å². The SMILES string of the molecule is CN1CCOC(COC(=O)c2cc(F)c(F)cc2N)C1. The molecular formula is C13H16F2N2O3. The minimum absolute atomic E-state index is 0.0433. The molecule has 0 aromatic heterocycles. The second-order valence-corrected chi connectivity index (χ2v) is 4.71. The van der Waals surface area contributed by atoms with Gasteiger partial charge in [-0.1, -0.05) is 0 Å². The number of halogens is 2.